The summed E-state index contributed by atoms with van der Waals surface area (Å²) in [5.74, 6) is 0.689. The van der Waals surface area contributed by atoms with E-state index in [0.29, 0.717) is 12.4 Å². The summed E-state index contributed by atoms with van der Waals surface area (Å²) in [5.41, 5.74) is 6.74. The number of rotatable bonds is 5. The largest absolute Gasteiger partial charge is 0.492 e. The first-order chi connectivity index (χ1) is 6.74. The van der Waals surface area contributed by atoms with Crippen molar-refractivity contribution in [2.75, 3.05) is 6.61 Å². The van der Waals surface area contributed by atoms with Gasteiger partial charge in [-0.2, -0.15) is 0 Å². The first kappa shape index (κ1) is 10.8. The van der Waals surface area contributed by atoms with Crippen LogP contribution < -0.4 is 5.73 Å². The SMILES string of the molecule is C=C(OCC(N)CC)c1ccccc1. The van der Waals surface area contributed by atoms with Crippen LogP contribution in [0, 0.1) is 0 Å². The minimum atomic E-state index is 0.0930. The summed E-state index contributed by atoms with van der Waals surface area (Å²) in [6.45, 7) is 6.43. The van der Waals surface area contributed by atoms with Gasteiger partial charge in [0.1, 0.15) is 12.4 Å². The van der Waals surface area contributed by atoms with Crippen LogP contribution in [-0.2, 0) is 4.74 Å². The van der Waals surface area contributed by atoms with E-state index in [9.17, 15) is 0 Å². The van der Waals surface area contributed by atoms with E-state index in [1.807, 2.05) is 37.3 Å². The highest BCUT2D eigenvalue weighted by atomic mass is 16.5. The fourth-order valence-corrected chi connectivity index (χ4v) is 1.03. The smallest absolute Gasteiger partial charge is 0.119 e. The van der Waals surface area contributed by atoms with Crippen molar-refractivity contribution in [3.8, 4) is 0 Å². The van der Waals surface area contributed by atoms with Crippen LogP contribution in [0.2, 0.25) is 0 Å². The first-order valence-electron chi connectivity index (χ1n) is 4.86. The molecule has 76 valence electrons. The van der Waals surface area contributed by atoms with Gasteiger partial charge >= 0.3 is 0 Å². The number of nitrogens with two attached hydrogens (primary N) is 1. The molecule has 0 aromatic heterocycles. The van der Waals surface area contributed by atoms with Crippen molar-refractivity contribution >= 4 is 5.76 Å². The first-order valence-corrected chi connectivity index (χ1v) is 4.86. The molecule has 0 saturated carbocycles. The molecule has 2 N–H and O–H groups in total. The van der Waals surface area contributed by atoms with Crippen LogP contribution in [0.3, 0.4) is 0 Å². The minimum absolute atomic E-state index is 0.0930. The van der Waals surface area contributed by atoms with Crippen LogP contribution >= 0.6 is 0 Å². The Labute approximate surface area is 85.4 Å². The third-order valence-electron chi connectivity index (χ3n) is 2.09. The van der Waals surface area contributed by atoms with E-state index in [0.717, 1.165) is 12.0 Å². The molecule has 2 heteroatoms. The molecule has 1 unspecified atom stereocenters. The fourth-order valence-electron chi connectivity index (χ4n) is 1.03. The van der Waals surface area contributed by atoms with E-state index < -0.39 is 0 Å². The molecule has 0 aliphatic rings. The molecule has 0 aliphatic heterocycles. The maximum absolute atomic E-state index is 5.73. The van der Waals surface area contributed by atoms with E-state index in [4.69, 9.17) is 10.5 Å². The second-order valence-electron chi connectivity index (χ2n) is 3.27. The number of benzene rings is 1. The third kappa shape index (κ3) is 3.23. The summed E-state index contributed by atoms with van der Waals surface area (Å²) < 4.78 is 5.46. The molecule has 0 radical (unpaired) electrons. The topological polar surface area (TPSA) is 35.2 Å². The molecule has 0 spiro atoms. The molecule has 1 atom stereocenters. The highest BCUT2D eigenvalue weighted by Gasteiger charge is 2.02. The van der Waals surface area contributed by atoms with Gasteiger partial charge in [0.05, 0.1) is 0 Å². The van der Waals surface area contributed by atoms with Crippen molar-refractivity contribution in [3.63, 3.8) is 0 Å². The molecule has 2 nitrogen and oxygen atoms in total. The molecule has 1 rings (SSSR count). The van der Waals surface area contributed by atoms with E-state index in [1.165, 1.54) is 0 Å². The van der Waals surface area contributed by atoms with Gasteiger partial charge in [-0.3, -0.25) is 0 Å². The van der Waals surface area contributed by atoms with Gasteiger partial charge in [0.15, 0.2) is 0 Å². The summed E-state index contributed by atoms with van der Waals surface area (Å²) in [4.78, 5) is 0. The quantitative estimate of drug-likeness (QED) is 0.725. The molecular weight excluding hydrogens is 174 g/mol. The standard InChI is InChI=1S/C12H17NO/c1-3-12(13)9-14-10(2)11-7-5-4-6-8-11/h4-8,12H,2-3,9,13H2,1H3. The van der Waals surface area contributed by atoms with Crippen LogP contribution in [0.15, 0.2) is 36.9 Å². The van der Waals surface area contributed by atoms with Gasteiger partial charge < -0.3 is 10.5 Å². The van der Waals surface area contributed by atoms with Crippen molar-refractivity contribution in [1.82, 2.24) is 0 Å². The van der Waals surface area contributed by atoms with Crippen molar-refractivity contribution in [3.05, 3.63) is 42.5 Å². The lowest BCUT2D eigenvalue weighted by Crippen LogP contribution is -2.24. The number of hydrogen-bond donors (Lipinski definition) is 1. The molecule has 0 fully saturated rings. The lowest BCUT2D eigenvalue weighted by molar-refractivity contribution is 0.250. The highest BCUT2D eigenvalue weighted by molar-refractivity contribution is 5.56. The summed E-state index contributed by atoms with van der Waals surface area (Å²) in [6.07, 6.45) is 0.919. The molecule has 0 saturated heterocycles. The van der Waals surface area contributed by atoms with E-state index in [1.54, 1.807) is 0 Å². The van der Waals surface area contributed by atoms with Gasteiger partial charge in [0.2, 0.25) is 0 Å². The van der Waals surface area contributed by atoms with E-state index in [-0.39, 0.29) is 6.04 Å². The summed E-state index contributed by atoms with van der Waals surface area (Å²) >= 11 is 0. The van der Waals surface area contributed by atoms with Crippen LogP contribution in [0.1, 0.15) is 18.9 Å². The predicted octanol–water partition coefficient (Wildman–Crippen LogP) is 2.41. The average Bonchev–Trinajstić information content (AvgIpc) is 2.26. The second-order valence-corrected chi connectivity index (χ2v) is 3.27. The van der Waals surface area contributed by atoms with Crippen LogP contribution in [0.4, 0.5) is 0 Å². The normalized spacial score (nSPS) is 12.1. The molecule has 0 amide bonds. The Kier molecular flexibility index (Phi) is 4.20. The van der Waals surface area contributed by atoms with Gasteiger partial charge in [-0.1, -0.05) is 43.8 Å². The van der Waals surface area contributed by atoms with E-state index >= 15 is 0 Å². The summed E-state index contributed by atoms with van der Waals surface area (Å²) in [7, 11) is 0. The Morgan fingerprint density at radius 2 is 2.07 bits per heavy atom. The molecule has 1 aromatic carbocycles. The Morgan fingerprint density at radius 3 is 2.64 bits per heavy atom. The molecule has 0 heterocycles. The van der Waals surface area contributed by atoms with Crippen LogP contribution in [0.5, 0.6) is 0 Å². The molecule has 0 bridgehead atoms. The Morgan fingerprint density at radius 1 is 1.43 bits per heavy atom. The zero-order chi connectivity index (χ0) is 10.4. The minimum Gasteiger partial charge on any atom is -0.492 e. The fraction of sp³-hybridized carbons (Fsp3) is 0.333. The van der Waals surface area contributed by atoms with Gasteiger partial charge in [-0.15, -0.1) is 0 Å². The van der Waals surface area contributed by atoms with Crippen LogP contribution in [0.25, 0.3) is 5.76 Å². The van der Waals surface area contributed by atoms with Gasteiger partial charge in [-0.25, -0.2) is 0 Å². The monoisotopic (exact) mass is 191 g/mol. The molecule has 14 heavy (non-hydrogen) atoms. The average molecular weight is 191 g/mol. The Bertz CT molecular complexity index is 282. The molecule has 0 aliphatic carbocycles. The van der Waals surface area contributed by atoms with Crippen molar-refractivity contribution in [2.24, 2.45) is 5.73 Å². The zero-order valence-corrected chi connectivity index (χ0v) is 8.57. The lowest BCUT2D eigenvalue weighted by atomic mass is 10.2. The van der Waals surface area contributed by atoms with Gasteiger partial charge in [0, 0.05) is 11.6 Å². The lowest BCUT2D eigenvalue weighted by Gasteiger charge is -2.12. The Hall–Kier alpha value is -1.28. The zero-order valence-electron chi connectivity index (χ0n) is 8.57. The maximum atomic E-state index is 5.73. The molecular formula is C12H17NO. The van der Waals surface area contributed by atoms with Gasteiger partial charge in [0.25, 0.3) is 0 Å². The second kappa shape index (κ2) is 5.45. The van der Waals surface area contributed by atoms with Gasteiger partial charge in [-0.05, 0) is 6.42 Å². The highest BCUT2D eigenvalue weighted by Crippen LogP contribution is 2.12. The third-order valence-corrected chi connectivity index (χ3v) is 2.09. The number of ether oxygens (including phenoxy) is 1. The molecule has 1 aromatic rings. The maximum Gasteiger partial charge on any atom is 0.119 e. The van der Waals surface area contributed by atoms with Crippen molar-refractivity contribution in [1.29, 1.82) is 0 Å². The number of hydrogen-bond acceptors (Lipinski definition) is 2. The van der Waals surface area contributed by atoms with E-state index in [2.05, 4.69) is 6.58 Å². The van der Waals surface area contributed by atoms with Crippen LogP contribution in [-0.4, -0.2) is 12.6 Å². The Balaban J connectivity index is 2.44. The summed E-state index contributed by atoms with van der Waals surface area (Å²) in [5, 5.41) is 0. The van der Waals surface area contributed by atoms with Crippen molar-refractivity contribution in [2.45, 2.75) is 19.4 Å². The predicted molar refractivity (Wildman–Crippen MR) is 59.7 cm³/mol. The summed E-state index contributed by atoms with van der Waals surface area (Å²) in [6, 6.07) is 9.93. The van der Waals surface area contributed by atoms with Crippen molar-refractivity contribution < 1.29 is 4.74 Å².